The summed E-state index contributed by atoms with van der Waals surface area (Å²) in [6.07, 6.45) is 20.8. The average Bonchev–Trinajstić information content (AvgIpc) is 3.33. The van der Waals surface area contributed by atoms with Crippen LogP contribution in [0.15, 0.2) is 0 Å². The van der Waals surface area contributed by atoms with Crippen molar-refractivity contribution in [3.05, 3.63) is 0 Å². The Hall–Kier alpha value is -0.690. The summed E-state index contributed by atoms with van der Waals surface area (Å²) in [5.74, 6) is 4.93. The number of nitrogens with one attached hydrogen (secondary N) is 3. The summed E-state index contributed by atoms with van der Waals surface area (Å²) >= 11 is 0. The number of amides is 1. The molecule has 0 saturated heterocycles. The minimum absolute atomic E-state index is 0.297. The molecule has 8 unspecified atom stereocenters. The van der Waals surface area contributed by atoms with Gasteiger partial charge >= 0.3 is 0 Å². The second-order valence-corrected chi connectivity index (χ2v) is 17.0. The number of fused-ring (bicyclic) bond motifs is 5. The van der Waals surface area contributed by atoms with Gasteiger partial charge in [0.25, 0.3) is 0 Å². The van der Waals surface area contributed by atoms with Crippen LogP contribution >= 0.6 is 0 Å². The van der Waals surface area contributed by atoms with Gasteiger partial charge in [0.2, 0.25) is 5.91 Å². The highest BCUT2D eigenvalue weighted by Crippen LogP contribution is 2.67. The van der Waals surface area contributed by atoms with Crippen LogP contribution in [-0.2, 0) is 4.79 Å². The van der Waals surface area contributed by atoms with Crippen molar-refractivity contribution < 1.29 is 4.79 Å². The molecule has 6 nitrogen and oxygen atoms in total. The Morgan fingerprint density at radius 3 is 2.09 bits per heavy atom. The van der Waals surface area contributed by atoms with E-state index in [1.165, 1.54) is 83.5 Å². The maximum Gasteiger partial charge on any atom is 0.223 e. The lowest BCUT2D eigenvalue weighted by Gasteiger charge is -2.61. The van der Waals surface area contributed by atoms with Gasteiger partial charge in [-0.05, 0) is 204 Å². The topological polar surface area (TPSA) is 82.4 Å². The molecule has 262 valence electrons. The highest BCUT2D eigenvalue weighted by Gasteiger charge is 2.59. The van der Waals surface area contributed by atoms with Crippen molar-refractivity contribution in [2.24, 2.45) is 46.2 Å². The summed E-state index contributed by atoms with van der Waals surface area (Å²) in [6, 6.07) is 1.32. The number of unbranched alkanes of at least 4 members (excludes halogenated alkanes) is 1. The molecule has 0 aromatic carbocycles. The number of rotatable bonds is 19. The molecule has 0 heterocycles. The summed E-state index contributed by atoms with van der Waals surface area (Å²) in [4.78, 5) is 15.1. The second kappa shape index (κ2) is 17.6. The van der Waals surface area contributed by atoms with Gasteiger partial charge < -0.3 is 26.6 Å². The lowest BCUT2D eigenvalue weighted by atomic mass is 9.44. The third-order valence-corrected chi connectivity index (χ3v) is 13.7. The molecule has 0 aromatic heterocycles. The van der Waals surface area contributed by atoms with E-state index in [1.54, 1.807) is 0 Å². The lowest BCUT2D eigenvalue weighted by Crippen LogP contribution is -2.55. The molecule has 45 heavy (non-hydrogen) atoms. The van der Waals surface area contributed by atoms with Crippen LogP contribution in [0.2, 0.25) is 0 Å². The van der Waals surface area contributed by atoms with E-state index in [9.17, 15) is 4.79 Å². The molecule has 1 amide bonds. The molecular weight excluding hydrogens is 554 g/mol. The number of hydrogen-bond acceptors (Lipinski definition) is 5. The van der Waals surface area contributed by atoms with Crippen molar-refractivity contribution in [3.63, 3.8) is 0 Å². The first-order valence-electron chi connectivity index (χ1n) is 19.8. The van der Waals surface area contributed by atoms with Crippen LogP contribution in [0.1, 0.15) is 144 Å². The van der Waals surface area contributed by atoms with Gasteiger partial charge in [-0.25, -0.2) is 0 Å². The molecule has 0 bridgehead atoms. The normalized spacial score (nSPS) is 34.5. The summed E-state index contributed by atoms with van der Waals surface area (Å²) in [6.45, 7) is 20.4. The van der Waals surface area contributed by atoms with Gasteiger partial charge in [-0.15, -0.1) is 0 Å². The number of carbonyl (C=O) groups is 1. The van der Waals surface area contributed by atoms with Gasteiger partial charge in [0.05, 0.1) is 0 Å². The molecule has 0 spiro atoms. The minimum atomic E-state index is 0.297. The molecule has 4 aliphatic rings. The minimum Gasteiger partial charge on any atom is -0.338 e. The van der Waals surface area contributed by atoms with Gasteiger partial charge in [0.15, 0.2) is 0 Å². The van der Waals surface area contributed by atoms with Crippen LogP contribution in [0.5, 0.6) is 0 Å². The largest absolute Gasteiger partial charge is 0.338 e. The number of nitrogens with two attached hydrogens (primary N) is 1. The van der Waals surface area contributed by atoms with Gasteiger partial charge in [0.1, 0.15) is 0 Å². The Balaban J connectivity index is 1.16. The zero-order chi connectivity index (χ0) is 32.5. The first-order valence-corrected chi connectivity index (χ1v) is 19.8. The van der Waals surface area contributed by atoms with E-state index in [0.29, 0.717) is 28.8 Å². The van der Waals surface area contributed by atoms with E-state index in [2.05, 4.69) is 62.4 Å². The highest BCUT2D eigenvalue weighted by atomic mass is 16.2. The molecule has 4 saturated carbocycles. The van der Waals surface area contributed by atoms with Crippen molar-refractivity contribution in [2.75, 3.05) is 39.3 Å². The Morgan fingerprint density at radius 2 is 1.40 bits per heavy atom. The first-order chi connectivity index (χ1) is 21.6. The molecule has 4 rings (SSSR count). The van der Waals surface area contributed by atoms with Crippen LogP contribution in [0.3, 0.4) is 0 Å². The maximum atomic E-state index is 13.0. The van der Waals surface area contributed by atoms with E-state index in [0.717, 1.165) is 94.2 Å². The Labute approximate surface area is 278 Å². The molecule has 4 aliphatic carbocycles. The van der Waals surface area contributed by atoms with Crippen LogP contribution in [0.4, 0.5) is 0 Å². The molecule has 0 radical (unpaired) electrons. The Bertz CT molecular complexity index is 871. The van der Waals surface area contributed by atoms with Crippen molar-refractivity contribution in [3.8, 4) is 0 Å². The smallest absolute Gasteiger partial charge is 0.223 e. The molecule has 8 atom stereocenters. The number of nitrogens with zero attached hydrogens (tertiary/aromatic N) is 1. The van der Waals surface area contributed by atoms with Crippen LogP contribution < -0.4 is 21.7 Å². The predicted octanol–water partition coefficient (Wildman–Crippen LogP) is 7.12. The third kappa shape index (κ3) is 9.27. The highest BCUT2D eigenvalue weighted by molar-refractivity contribution is 5.76. The van der Waals surface area contributed by atoms with Gasteiger partial charge in [-0.3, -0.25) is 4.79 Å². The van der Waals surface area contributed by atoms with Crippen LogP contribution in [0.25, 0.3) is 0 Å². The zero-order valence-electron chi connectivity index (χ0n) is 30.6. The zero-order valence-corrected chi connectivity index (χ0v) is 30.6. The fraction of sp³-hybridized carbons (Fsp3) is 0.974. The monoisotopic (exact) mass is 630 g/mol. The van der Waals surface area contributed by atoms with Crippen LogP contribution in [-0.4, -0.2) is 68.2 Å². The van der Waals surface area contributed by atoms with Gasteiger partial charge in [-0.1, -0.05) is 13.8 Å². The van der Waals surface area contributed by atoms with Crippen molar-refractivity contribution in [2.45, 2.75) is 162 Å². The van der Waals surface area contributed by atoms with Crippen molar-refractivity contribution >= 4 is 5.91 Å². The molecule has 0 aliphatic heterocycles. The summed E-state index contributed by atoms with van der Waals surface area (Å²) in [5.41, 5.74) is 6.62. The van der Waals surface area contributed by atoms with Gasteiger partial charge in [-0.2, -0.15) is 0 Å². The SMILES string of the molecule is CC(C)N(C(=O)CCCC1CCC2C3CCC4CC(NCCCNCCCCNCCCN)CCC4(C)C3CCC12C)C(C)C. The van der Waals surface area contributed by atoms with E-state index >= 15 is 0 Å². The third-order valence-electron chi connectivity index (χ3n) is 13.7. The van der Waals surface area contributed by atoms with E-state index in [-0.39, 0.29) is 0 Å². The average molecular weight is 630 g/mol. The predicted molar refractivity (Wildman–Crippen MR) is 191 cm³/mol. The summed E-state index contributed by atoms with van der Waals surface area (Å²) in [5, 5.41) is 11.1. The molecular formula is C39H75N5O. The van der Waals surface area contributed by atoms with Crippen LogP contribution in [0, 0.1) is 40.4 Å². The van der Waals surface area contributed by atoms with Crippen molar-refractivity contribution in [1.29, 1.82) is 0 Å². The standard InChI is InChI=1S/C39H75N5O/c1-29(2)44(30(3)4)37(45)13-9-12-31-15-17-35-34-16-14-32-28-33(18-20-39(32,6)36(34)19-21-38(31,35)5)43-27-11-26-42-24-8-7-23-41-25-10-22-40/h29-36,41-43H,7-28,40H2,1-6H3. The number of hydrogen-bond donors (Lipinski definition) is 4. The van der Waals surface area contributed by atoms with E-state index in [4.69, 9.17) is 5.73 Å². The second-order valence-electron chi connectivity index (χ2n) is 17.0. The first kappa shape index (κ1) is 37.1. The fourth-order valence-electron chi connectivity index (χ4n) is 11.3. The van der Waals surface area contributed by atoms with Crippen molar-refractivity contribution in [1.82, 2.24) is 20.9 Å². The molecule has 0 aromatic rings. The van der Waals surface area contributed by atoms with E-state index < -0.39 is 0 Å². The quantitative estimate of drug-likeness (QED) is 0.114. The number of carbonyl (C=O) groups excluding carboxylic acids is 1. The molecule has 4 fully saturated rings. The Kier molecular flexibility index (Phi) is 14.6. The fourth-order valence-corrected chi connectivity index (χ4v) is 11.3. The van der Waals surface area contributed by atoms with Gasteiger partial charge in [0, 0.05) is 24.5 Å². The molecule has 5 N–H and O–H groups in total. The Morgan fingerprint density at radius 1 is 0.756 bits per heavy atom. The van der Waals surface area contributed by atoms with E-state index in [1.807, 2.05) is 0 Å². The molecule has 6 heteroatoms. The summed E-state index contributed by atoms with van der Waals surface area (Å²) in [7, 11) is 0. The maximum absolute atomic E-state index is 13.0. The lowest BCUT2D eigenvalue weighted by molar-refractivity contribution is -0.135. The summed E-state index contributed by atoms with van der Waals surface area (Å²) < 4.78 is 0.